The Morgan fingerprint density at radius 3 is 1.44 bits per heavy atom. The molecule has 0 bridgehead atoms. The second kappa shape index (κ2) is 11.5. The van der Waals surface area contributed by atoms with Crippen molar-refractivity contribution in [2.45, 2.75) is 22.7 Å². The van der Waals surface area contributed by atoms with Gasteiger partial charge in [0.1, 0.15) is 0 Å². The predicted molar refractivity (Wildman–Crippen MR) is 132 cm³/mol. The van der Waals surface area contributed by atoms with Crippen molar-refractivity contribution in [1.82, 2.24) is 0 Å². The van der Waals surface area contributed by atoms with Gasteiger partial charge in [0, 0.05) is 24.5 Å². The van der Waals surface area contributed by atoms with E-state index in [-0.39, 0.29) is 21.1 Å². The fraction of sp³-hybridized carbons (Fsp3) is 0.300. The van der Waals surface area contributed by atoms with Gasteiger partial charge in [0.2, 0.25) is 0 Å². The third kappa shape index (κ3) is 6.22. The van der Waals surface area contributed by atoms with Crippen LogP contribution in [0.5, 0.6) is 0 Å². The van der Waals surface area contributed by atoms with E-state index in [1.807, 2.05) is 21.9 Å². The van der Waals surface area contributed by atoms with Gasteiger partial charge >= 0.3 is 31.0 Å². The van der Waals surface area contributed by atoms with Crippen LogP contribution in [0, 0.1) is 0 Å². The molecule has 2 aromatic rings. The quantitative estimate of drug-likeness (QED) is 0.275. The van der Waals surface area contributed by atoms with Crippen molar-refractivity contribution in [3.63, 3.8) is 0 Å². The topological polar surface area (TPSA) is 6.48 Å². The molecular formula is C20H22N2S4Sn. The van der Waals surface area contributed by atoms with Crippen LogP contribution in [0.4, 0.5) is 11.4 Å². The van der Waals surface area contributed by atoms with Crippen molar-refractivity contribution in [3.05, 3.63) is 59.7 Å². The minimum atomic E-state index is 0.230. The summed E-state index contributed by atoms with van der Waals surface area (Å²) in [4.78, 5) is 8.62. The Labute approximate surface area is 194 Å². The molecule has 0 spiro atoms. The molecule has 2 heterocycles. The Balaban J connectivity index is 0.000000170. The molecule has 0 fully saturated rings. The fourth-order valence-corrected chi connectivity index (χ4v) is 3.81. The molecule has 27 heavy (non-hydrogen) atoms. The predicted octanol–water partition coefficient (Wildman–Crippen LogP) is 4.55. The number of thiocarbonyl (C=S) groups is 2. The van der Waals surface area contributed by atoms with Gasteiger partial charge in [0.05, 0.1) is 0 Å². The van der Waals surface area contributed by atoms with E-state index < -0.39 is 0 Å². The molecule has 2 aromatic carbocycles. The first kappa shape index (κ1) is 22.7. The van der Waals surface area contributed by atoms with Crippen molar-refractivity contribution in [2.75, 3.05) is 22.9 Å². The summed E-state index contributed by atoms with van der Waals surface area (Å²) >= 11 is 20.1. The molecule has 140 valence electrons. The SMILES string of the molecule is S=C([S-])N1CCc2ccccc21.S=C([S-])N1CCc2ccccc21.[CH3][Sn+2][CH3]. The van der Waals surface area contributed by atoms with E-state index in [9.17, 15) is 0 Å². The Bertz CT molecular complexity index is 732. The fourth-order valence-electron chi connectivity index (χ4n) is 3.06. The third-order valence-electron chi connectivity index (χ3n) is 4.22. The molecule has 2 nitrogen and oxygen atoms in total. The van der Waals surface area contributed by atoms with E-state index in [0.29, 0.717) is 8.64 Å². The molecular weight excluding hydrogens is 515 g/mol. The zero-order valence-electron chi connectivity index (χ0n) is 15.5. The number of hydrogen-bond donors (Lipinski definition) is 0. The Kier molecular flexibility index (Phi) is 9.65. The van der Waals surface area contributed by atoms with E-state index in [2.05, 4.69) is 46.3 Å². The molecule has 0 aromatic heterocycles. The van der Waals surface area contributed by atoms with Gasteiger partial charge < -0.3 is 59.5 Å². The van der Waals surface area contributed by atoms with Crippen LogP contribution >= 0.6 is 24.4 Å². The second-order valence-electron chi connectivity index (χ2n) is 6.09. The molecule has 0 amide bonds. The van der Waals surface area contributed by atoms with Gasteiger partial charge in [0.15, 0.2) is 0 Å². The van der Waals surface area contributed by atoms with Crippen LogP contribution in [0.15, 0.2) is 48.5 Å². The van der Waals surface area contributed by atoms with Crippen LogP contribution < -0.4 is 9.80 Å². The van der Waals surface area contributed by atoms with E-state index in [1.165, 1.54) is 22.5 Å². The van der Waals surface area contributed by atoms with E-state index >= 15 is 0 Å². The number of fused-ring (bicyclic) bond motifs is 2. The number of rotatable bonds is 0. The van der Waals surface area contributed by atoms with Crippen LogP contribution in [0.25, 0.3) is 0 Å². The first-order valence-electron chi connectivity index (χ1n) is 8.71. The number of anilines is 2. The maximum absolute atomic E-state index is 4.97. The van der Waals surface area contributed by atoms with Crippen molar-refractivity contribution in [2.24, 2.45) is 0 Å². The second-order valence-corrected chi connectivity index (χ2v) is 11.0. The molecule has 0 atom stereocenters. The van der Waals surface area contributed by atoms with Crippen molar-refractivity contribution in [3.8, 4) is 0 Å². The van der Waals surface area contributed by atoms with Crippen LogP contribution in [0.3, 0.4) is 0 Å². The van der Waals surface area contributed by atoms with Crippen molar-refractivity contribution in [1.29, 1.82) is 0 Å². The van der Waals surface area contributed by atoms with Crippen molar-refractivity contribution < 1.29 is 0 Å². The molecule has 0 saturated carbocycles. The first-order valence-corrected chi connectivity index (χ1v) is 16.0. The van der Waals surface area contributed by atoms with Crippen LogP contribution in [-0.4, -0.2) is 42.9 Å². The van der Waals surface area contributed by atoms with Crippen LogP contribution in [-0.2, 0) is 38.1 Å². The molecule has 0 N–H and O–H groups in total. The zero-order valence-corrected chi connectivity index (χ0v) is 21.6. The Hall–Kier alpha value is -0.541. The molecule has 4 rings (SSSR count). The molecule has 2 aliphatic heterocycles. The molecule has 0 saturated heterocycles. The number of hydrogen-bond acceptors (Lipinski definition) is 4. The number of benzene rings is 2. The summed E-state index contributed by atoms with van der Waals surface area (Å²) in [7, 11) is 0. The average molecular weight is 537 g/mol. The van der Waals surface area contributed by atoms with Crippen molar-refractivity contribution >= 4 is 90.9 Å². The third-order valence-corrected chi connectivity index (χ3v) is 5.10. The van der Waals surface area contributed by atoms with Gasteiger partial charge in [-0.05, 0) is 36.1 Å². The van der Waals surface area contributed by atoms with Gasteiger partial charge in [-0.15, -0.1) is 0 Å². The van der Waals surface area contributed by atoms with Gasteiger partial charge in [-0.1, -0.05) is 45.0 Å². The summed E-state index contributed by atoms with van der Waals surface area (Å²) in [5, 5.41) is 0. The molecule has 0 radical (unpaired) electrons. The summed E-state index contributed by atoms with van der Waals surface area (Å²) in [6.45, 7) is 1.89. The number of para-hydroxylation sites is 2. The summed E-state index contributed by atoms with van der Waals surface area (Å²) in [5.74, 6) is 0. The maximum atomic E-state index is 4.97. The van der Waals surface area contributed by atoms with Gasteiger partial charge in [-0.25, -0.2) is 0 Å². The van der Waals surface area contributed by atoms with Gasteiger partial charge in [-0.3, -0.25) is 0 Å². The summed E-state index contributed by atoms with van der Waals surface area (Å²) in [6, 6.07) is 16.5. The standard InChI is InChI=1S/2C9H9NS2.2CH3.Sn/c2*11-9(12)10-6-5-7-3-1-2-4-8(7)10;;;/h2*1-4H,5-6H2,(H,11,12);2*1H3;/q;;;;+2/p-2. The minimum absolute atomic E-state index is 0.230. The molecule has 0 aliphatic carbocycles. The number of nitrogens with zero attached hydrogens (tertiary/aromatic N) is 2. The van der Waals surface area contributed by atoms with E-state index in [1.54, 1.807) is 0 Å². The molecule has 2 aliphatic rings. The average Bonchev–Trinajstić information content (AvgIpc) is 3.27. The summed E-state index contributed by atoms with van der Waals surface area (Å²) in [6.07, 6.45) is 2.12. The summed E-state index contributed by atoms with van der Waals surface area (Å²) < 4.78 is 1.11. The van der Waals surface area contributed by atoms with E-state index in [0.717, 1.165) is 25.9 Å². The zero-order chi connectivity index (χ0) is 19.8. The normalized spacial score (nSPS) is 13.3. The summed E-state index contributed by atoms with van der Waals surface area (Å²) in [5.41, 5.74) is 5.09. The van der Waals surface area contributed by atoms with Gasteiger partial charge in [0.25, 0.3) is 0 Å². The van der Waals surface area contributed by atoms with E-state index in [4.69, 9.17) is 49.7 Å². The first-order chi connectivity index (χ1) is 13.0. The molecule has 7 heteroatoms. The Morgan fingerprint density at radius 2 is 1.11 bits per heavy atom. The van der Waals surface area contributed by atoms with Crippen LogP contribution in [0.1, 0.15) is 11.1 Å². The van der Waals surface area contributed by atoms with Gasteiger partial charge in [-0.2, -0.15) is 0 Å². The monoisotopic (exact) mass is 538 g/mol. The van der Waals surface area contributed by atoms with Crippen LogP contribution in [0.2, 0.25) is 9.88 Å². The molecule has 0 unspecified atom stereocenters. The Morgan fingerprint density at radius 1 is 0.778 bits per heavy atom.